The molecule has 2 aromatic rings. The second-order valence-electron chi connectivity index (χ2n) is 4.08. The van der Waals surface area contributed by atoms with Crippen molar-refractivity contribution in [1.29, 1.82) is 0 Å². The first kappa shape index (κ1) is 15.5. The van der Waals surface area contributed by atoms with Crippen LogP contribution in [0.5, 0.6) is 5.75 Å². The molecule has 0 bridgehead atoms. The van der Waals surface area contributed by atoms with E-state index in [0.717, 1.165) is 0 Å². The standard InChI is InChI=1S/C13H11F3N4O2/c1-2-7-22-9-5-3-8(4-6-9)10(21)17-12-18-11(19-20-12)13(14,15)16/h2-6H,1,7H2,(H2,17,18,19,20,21). The fourth-order valence-electron chi connectivity index (χ4n) is 1.48. The van der Waals surface area contributed by atoms with Gasteiger partial charge in [0.25, 0.3) is 5.91 Å². The third-order valence-corrected chi connectivity index (χ3v) is 2.46. The molecule has 0 aliphatic carbocycles. The number of nitrogens with zero attached hydrogens (tertiary/aromatic N) is 2. The van der Waals surface area contributed by atoms with Crippen molar-refractivity contribution in [2.24, 2.45) is 0 Å². The summed E-state index contributed by atoms with van der Waals surface area (Å²) in [6.45, 7) is 3.82. The lowest BCUT2D eigenvalue weighted by atomic mass is 10.2. The van der Waals surface area contributed by atoms with Gasteiger partial charge in [-0.25, -0.2) is 0 Å². The van der Waals surface area contributed by atoms with Gasteiger partial charge in [0, 0.05) is 5.56 Å². The Morgan fingerprint density at radius 1 is 1.36 bits per heavy atom. The van der Waals surface area contributed by atoms with Crippen molar-refractivity contribution in [2.75, 3.05) is 11.9 Å². The molecular weight excluding hydrogens is 301 g/mol. The molecule has 6 nitrogen and oxygen atoms in total. The maximum Gasteiger partial charge on any atom is 0.451 e. The Bertz CT molecular complexity index is 665. The molecule has 0 spiro atoms. The van der Waals surface area contributed by atoms with Crippen molar-refractivity contribution in [2.45, 2.75) is 6.18 Å². The molecule has 0 aliphatic rings. The Hall–Kier alpha value is -2.84. The number of alkyl halides is 3. The summed E-state index contributed by atoms with van der Waals surface area (Å²) in [4.78, 5) is 15.0. The van der Waals surface area contributed by atoms with Gasteiger partial charge in [-0.2, -0.15) is 18.2 Å². The Kier molecular flexibility index (Phi) is 4.44. The number of carbonyl (C=O) groups is 1. The maximum atomic E-state index is 12.3. The maximum absolute atomic E-state index is 12.3. The predicted octanol–water partition coefficient (Wildman–Crippen LogP) is 2.64. The molecule has 1 aromatic heterocycles. The van der Waals surface area contributed by atoms with E-state index in [1.165, 1.54) is 12.1 Å². The lowest BCUT2D eigenvalue weighted by Crippen LogP contribution is -2.13. The van der Waals surface area contributed by atoms with E-state index in [4.69, 9.17) is 4.74 Å². The highest BCUT2D eigenvalue weighted by Crippen LogP contribution is 2.26. The number of rotatable bonds is 5. The Labute approximate surface area is 123 Å². The molecule has 2 rings (SSSR count). The second kappa shape index (κ2) is 6.29. The first-order valence-electron chi connectivity index (χ1n) is 6.05. The summed E-state index contributed by atoms with van der Waals surface area (Å²) in [5.74, 6) is -1.84. The minimum absolute atomic E-state index is 0.226. The first-order valence-corrected chi connectivity index (χ1v) is 6.05. The number of H-pyrrole nitrogens is 1. The number of aromatic amines is 1. The lowest BCUT2D eigenvalue weighted by Gasteiger charge is -2.04. The molecule has 1 aromatic carbocycles. The van der Waals surface area contributed by atoms with Crippen LogP contribution in [0.2, 0.25) is 0 Å². The monoisotopic (exact) mass is 312 g/mol. The number of benzene rings is 1. The van der Waals surface area contributed by atoms with Crippen molar-refractivity contribution in [3.8, 4) is 5.75 Å². The minimum atomic E-state index is -4.65. The van der Waals surface area contributed by atoms with E-state index in [1.54, 1.807) is 23.3 Å². The summed E-state index contributed by atoms with van der Waals surface area (Å²) < 4.78 is 42.3. The Morgan fingerprint density at radius 3 is 2.59 bits per heavy atom. The van der Waals surface area contributed by atoms with Crippen LogP contribution < -0.4 is 10.1 Å². The summed E-state index contributed by atoms with van der Waals surface area (Å²) in [5, 5.41) is 7.15. The Balaban J connectivity index is 2.02. The normalized spacial score (nSPS) is 11.0. The number of halogens is 3. The van der Waals surface area contributed by atoms with E-state index in [0.29, 0.717) is 12.4 Å². The predicted molar refractivity (Wildman–Crippen MR) is 71.5 cm³/mol. The molecule has 1 amide bonds. The number of hydrogen-bond acceptors (Lipinski definition) is 4. The molecule has 0 saturated heterocycles. The van der Waals surface area contributed by atoms with E-state index in [-0.39, 0.29) is 5.56 Å². The number of carbonyl (C=O) groups excluding carboxylic acids is 1. The van der Waals surface area contributed by atoms with Crippen molar-refractivity contribution in [3.63, 3.8) is 0 Å². The number of nitrogens with one attached hydrogen (secondary N) is 2. The third-order valence-electron chi connectivity index (χ3n) is 2.46. The second-order valence-corrected chi connectivity index (χ2v) is 4.08. The van der Waals surface area contributed by atoms with Gasteiger partial charge in [-0.1, -0.05) is 12.7 Å². The van der Waals surface area contributed by atoms with Crippen LogP contribution >= 0.6 is 0 Å². The van der Waals surface area contributed by atoms with Crippen LogP contribution in [0.15, 0.2) is 36.9 Å². The molecule has 0 radical (unpaired) electrons. The molecule has 0 fully saturated rings. The van der Waals surface area contributed by atoms with Crippen LogP contribution in [0, 0.1) is 0 Å². The average molecular weight is 312 g/mol. The van der Waals surface area contributed by atoms with Crippen molar-refractivity contribution in [1.82, 2.24) is 15.2 Å². The molecule has 9 heteroatoms. The number of anilines is 1. The van der Waals surface area contributed by atoms with Crippen LogP contribution in [-0.4, -0.2) is 27.7 Å². The number of hydrogen-bond donors (Lipinski definition) is 2. The molecule has 22 heavy (non-hydrogen) atoms. The zero-order valence-corrected chi connectivity index (χ0v) is 11.1. The van der Waals surface area contributed by atoms with Crippen LogP contribution in [0.3, 0.4) is 0 Å². The van der Waals surface area contributed by atoms with E-state index in [9.17, 15) is 18.0 Å². The molecule has 0 unspecified atom stereocenters. The topological polar surface area (TPSA) is 79.9 Å². The molecule has 1 heterocycles. The smallest absolute Gasteiger partial charge is 0.451 e. The Morgan fingerprint density at radius 2 is 2.05 bits per heavy atom. The van der Waals surface area contributed by atoms with Gasteiger partial charge in [-0.05, 0) is 24.3 Å². The van der Waals surface area contributed by atoms with Crippen LogP contribution in [0.25, 0.3) is 0 Å². The van der Waals surface area contributed by atoms with Crippen LogP contribution in [0.4, 0.5) is 19.1 Å². The summed E-state index contributed by atoms with van der Waals surface area (Å²) in [6, 6.07) is 6.03. The highest BCUT2D eigenvalue weighted by atomic mass is 19.4. The summed E-state index contributed by atoms with van der Waals surface area (Å²) in [7, 11) is 0. The van der Waals surface area contributed by atoms with Gasteiger partial charge in [-0.3, -0.25) is 15.2 Å². The molecule has 0 saturated carbocycles. The average Bonchev–Trinajstić information content (AvgIpc) is 2.94. The zero-order valence-electron chi connectivity index (χ0n) is 11.1. The molecule has 2 N–H and O–H groups in total. The highest BCUT2D eigenvalue weighted by molar-refractivity contribution is 6.03. The summed E-state index contributed by atoms with van der Waals surface area (Å²) in [6.07, 6.45) is -3.08. The first-order chi connectivity index (χ1) is 10.4. The third kappa shape index (κ3) is 3.84. The van der Waals surface area contributed by atoms with Gasteiger partial charge in [0.05, 0.1) is 0 Å². The van der Waals surface area contributed by atoms with Gasteiger partial charge in [0.15, 0.2) is 0 Å². The van der Waals surface area contributed by atoms with Gasteiger partial charge < -0.3 is 4.74 Å². The zero-order chi connectivity index (χ0) is 16.2. The van der Waals surface area contributed by atoms with Gasteiger partial charge in [0.1, 0.15) is 12.4 Å². The summed E-state index contributed by atoms with van der Waals surface area (Å²) >= 11 is 0. The molecule has 0 aliphatic heterocycles. The lowest BCUT2D eigenvalue weighted by molar-refractivity contribution is -0.144. The van der Waals surface area contributed by atoms with Crippen LogP contribution in [0.1, 0.15) is 16.2 Å². The van der Waals surface area contributed by atoms with E-state index in [1.807, 2.05) is 0 Å². The van der Waals surface area contributed by atoms with Gasteiger partial charge in [-0.15, -0.1) is 5.10 Å². The van der Waals surface area contributed by atoms with E-state index in [2.05, 4.69) is 22.0 Å². The largest absolute Gasteiger partial charge is 0.490 e. The fraction of sp³-hybridized carbons (Fsp3) is 0.154. The molecule has 116 valence electrons. The van der Waals surface area contributed by atoms with Crippen LogP contribution in [-0.2, 0) is 6.18 Å². The van der Waals surface area contributed by atoms with E-state index < -0.39 is 23.9 Å². The number of amides is 1. The van der Waals surface area contributed by atoms with Gasteiger partial charge >= 0.3 is 6.18 Å². The number of ether oxygens (including phenoxy) is 1. The minimum Gasteiger partial charge on any atom is -0.490 e. The molecule has 0 atom stereocenters. The van der Waals surface area contributed by atoms with E-state index >= 15 is 0 Å². The van der Waals surface area contributed by atoms with Crippen molar-refractivity contribution >= 4 is 11.9 Å². The van der Waals surface area contributed by atoms with Crippen molar-refractivity contribution in [3.05, 3.63) is 48.3 Å². The summed E-state index contributed by atoms with van der Waals surface area (Å²) in [5.41, 5.74) is 0.226. The quantitative estimate of drug-likeness (QED) is 0.832. The number of aromatic nitrogens is 3. The van der Waals surface area contributed by atoms with Crippen molar-refractivity contribution < 1.29 is 22.7 Å². The van der Waals surface area contributed by atoms with Gasteiger partial charge in [0.2, 0.25) is 11.8 Å². The molecular formula is C13H11F3N4O2. The fourth-order valence-corrected chi connectivity index (χ4v) is 1.48. The SMILES string of the molecule is C=CCOc1ccc(C(=O)Nc2n[nH]c(C(F)(F)F)n2)cc1. The highest BCUT2D eigenvalue weighted by Gasteiger charge is 2.35.